The second kappa shape index (κ2) is 4.87. The van der Waals surface area contributed by atoms with Crippen LogP contribution in [0.1, 0.15) is 26.7 Å². The van der Waals surface area contributed by atoms with Gasteiger partial charge in [-0.3, -0.25) is 4.79 Å². The fourth-order valence-electron chi connectivity index (χ4n) is 0.536. The summed E-state index contributed by atoms with van der Waals surface area (Å²) in [6.07, 6.45) is 7.99. The minimum Gasteiger partial charge on any atom is -0.372 e. The first kappa shape index (κ1) is 9.03. The molecule has 0 amide bonds. The van der Waals surface area contributed by atoms with Gasteiger partial charge in [0.1, 0.15) is 6.11 Å². The number of hydrogen-bond acceptors (Lipinski definition) is 2. The average Bonchev–Trinajstić information content (AvgIpc) is 1.88. The number of ether oxygens (including phenoxy) is 1. The summed E-state index contributed by atoms with van der Waals surface area (Å²) in [7, 11) is 0. The van der Waals surface area contributed by atoms with Crippen LogP contribution in [0, 0.1) is 18.4 Å². The highest BCUT2D eigenvalue weighted by molar-refractivity contribution is 5.70. The van der Waals surface area contributed by atoms with Gasteiger partial charge < -0.3 is 4.74 Å². The maximum absolute atomic E-state index is 10.6. The molecule has 0 fully saturated rings. The Balaban J connectivity index is 3.49. The van der Waals surface area contributed by atoms with E-state index in [1.165, 1.54) is 0 Å². The van der Waals surface area contributed by atoms with Crippen LogP contribution in [0.25, 0.3) is 0 Å². The lowest BCUT2D eigenvalue weighted by molar-refractivity contribution is -0.137. The van der Waals surface area contributed by atoms with Gasteiger partial charge in [-0.1, -0.05) is 26.7 Å². The maximum atomic E-state index is 10.6. The van der Waals surface area contributed by atoms with Gasteiger partial charge in [-0.2, -0.15) is 0 Å². The molecule has 1 unspecified atom stereocenters. The Morgan fingerprint density at radius 3 is 2.80 bits per heavy atom. The van der Waals surface area contributed by atoms with Crippen LogP contribution in [-0.2, 0) is 9.53 Å². The SMILES string of the molecule is C#COC(=O)CC(C)CC. The number of carbonyl (C=O) groups is 1. The zero-order chi connectivity index (χ0) is 7.98. The van der Waals surface area contributed by atoms with Gasteiger partial charge in [0, 0.05) is 6.42 Å². The lowest BCUT2D eigenvalue weighted by Crippen LogP contribution is -2.05. The van der Waals surface area contributed by atoms with Crippen molar-refractivity contribution < 1.29 is 9.53 Å². The molecule has 0 spiro atoms. The Labute approximate surface area is 61.6 Å². The van der Waals surface area contributed by atoms with E-state index in [9.17, 15) is 4.79 Å². The van der Waals surface area contributed by atoms with Crippen LogP contribution >= 0.6 is 0 Å². The highest BCUT2D eigenvalue weighted by atomic mass is 16.5. The van der Waals surface area contributed by atoms with E-state index in [1.807, 2.05) is 20.0 Å². The number of rotatable bonds is 3. The molecule has 1 atom stereocenters. The molecule has 0 N–H and O–H groups in total. The monoisotopic (exact) mass is 140 g/mol. The van der Waals surface area contributed by atoms with E-state index < -0.39 is 0 Å². The standard InChI is InChI=1S/C8H12O2/c1-4-7(3)6-8(9)10-5-2/h2,7H,4,6H2,1,3H3. The van der Waals surface area contributed by atoms with Gasteiger partial charge in [0.2, 0.25) is 0 Å². The predicted molar refractivity (Wildman–Crippen MR) is 39.0 cm³/mol. The van der Waals surface area contributed by atoms with Gasteiger partial charge >= 0.3 is 5.97 Å². The second-order valence-electron chi connectivity index (χ2n) is 2.31. The molecule has 56 valence electrons. The van der Waals surface area contributed by atoms with Crippen LogP contribution in [0.15, 0.2) is 0 Å². The van der Waals surface area contributed by atoms with Gasteiger partial charge in [0.15, 0.2) is 0 Å². The van der Waals surface area contributed by atoms with E-state index in [0.717, 1.165) is 6.42 Å². The van der Waals surface area contributed by atoms with Crippen molar-refractivity contribution in [2.24, 2.45) is 5.92 Å². The minimum atomic E-state index is -0.308. The molecule has 0 aliphatic rings. The molecular weight excluding hydrogens is 128 g/mol. The molecule has 0 aromatic heterocycles. The van der Waals surface area contributed by atoms with E-state index in [1.54, 1.807) is 0 Å². The zero-order valence-corrected chi connectivity index (χ0v) is 6.39. The highest BCUT2D eigenvalue weighted by Crippen LogP contribution is 2.06. The maximum Gasteiger partial charge on any atom is 0.320 e. The molecule has 0 aliphatic carbocycles. The van der Waals surface area contributed by atoms with Crippen molar-refractivity contribution >= 4 is 5.97 Å². The van der Waals surface area contributed by atoms with Gasteiger partial charge in [-0.15, -0.1) is 0 Å². The number of terminal acetylenes is 1. The van der Waals surface area contributed by atoms with Crippen molar-refractivity contribution in [3.63, 3.8) is 0 Å². The molecule has 0 aromatic rings. The van der Waals surface area contributed by atoms with Crippen LogP contribution in [-0.4, -0.2) is 5.97 Å². The summed E-state index contributed by atoms with van der Waals surface area (Å²) in [6, 6.07) is 0. The van der Waals surface area contributed by atoms with Gasteiger partial charge in [-0.25, -0.2) is 0 Å². The van der Waals surface area contributed by atoms with Gasteiger partial charge in [0.25, 0.3) is 0 Å². The smallest absolute Gasteiger partial charge is 0.320 e. The number of carbonyl (C=O) groups excluding carboxylic acids is 1. The second-order valence-corrected chi connectivity index (χ2v) is 2.31. The Kier molecular flexibility index (Phi) is 4.39. The number of esters is 1. The molecule has 2 heteroatoms. The molecule has 0 heterocycles. The molecule has 0 saturated heterocycles. The number of hydrogen-bond donors (Lipinski definition) is 0. The van der Waals surface area contributed by atoms with Crippen molar-refractivity contribution in [2.75, 3.05) is 0 Å². The van der Waals surface area contributed by atoms with Crippen LogP contribution in [0.4, 0.5) is 0 Å². The van der Waals surface area contributed by atoms with E-state index in [2.05, 4.69) is 4.74 Å². The van der Waals surface area contributed by atoms with Crippen LogP contribution in [0.3, 0.4) is 0 Å². The topological polar surface area (TPSA) is 26.3 Å². The Bertz CT molecular complexity index is 144. The Morgan fingerprint density at radius 1 is 1.80 bits per heavy atom. The van der Waals surface area contributed by atoms with Crippen molar-refractivity contribution in [1.82, 2.24) is 0 Å². The summed E-state index contributed by atoms with van der Waals surface area (Å²) in [5.74, 6) is 0.0534. The normalized spacial score (nSPS) is 11.7. The summed E-state index contributed by atoms with van der Waals surface area (Å²) < 4.78 is 4.30. The first-order chi connectivity index (χ1) is 4.70. The van der Waals surface area contributed by atoms with Gasteiger partial charge in [-0.05, 0) is 5.92 Å². The summed E-state index contributed by atoms with van der Waals surface area (Å²) in [6.45, 7) is 4.01. The fourth-order valence-corrected chi connectivity index (χ4v) is 0.536. The third-order valence-corrected chi connectivity index (χ3v) is 1.38. The van der Waals surface area contributed by atoms with Crippen LogP contribution in [0.2, 0.25) is 0 Å². The molecule has 0 rings (SSSR count). The molecular formula is C8H12O2. The van der Waals surface area contributed by atoms with E-state index in [-0.39, 0.29) is 5.97 Å². The minimum absolute atomic E-state index is 0.308. The molecule has 2 nitrogen and oxygen atoms in total. The third-order valence-electron chi connectivity index (χ3n) is 1.38. The summed E-state index contributed by atoms with van der Waals surface area (Å²) in [5, 5.41) is 0. The lowest BCUT2D eigenvalue weighted by Gasteiger charge is -2.03. The zero-order valence-electron chi connectivity index (χ0n) is 6.39. The van der Waals surface area contributed by atoms with Crippen LogP contribution < -0.4 is 0 Å². The van der Waals surface area contributed by atoms with E-state index in [4.69, 9.17) is 6.42 Å². The van der Waals surface area contributed by atoms with Crippen molar-refractivity contribution in [3.8, 4) is 12.5 Å². The summed E-state index contributed by atoms with van der Waals surface area (Å²) >= 11 is 0. The molecule has 10 heavy (non-hydrogen) atoms. The van der Waals surface area contributed by atoms with E-state index >= 15 is 0 Å². The van der Waals surface area contributed by atoms with E-state index in [0.29, 0.717) is 12.3 Å². The van der Waals surface area contributed by atoms with Crippen molar-refractivity contribution in [3.05, 3.63) is 0 Å². The fraction of sp³-hybridized carbons (Fsp3) is 0.625. The molecule has 0 bridgehead atoms. The lowest BCUT2D eigenvalue weighted by atomic mass is 10.1. The van der Waals surface area contributed by atoms with Crippen molar-refractivity contribution in [2.45, 2.75) is 26.7 Å². The highest BCUT2D eigenvalue weighted by Gasteiger charge is 2.06. The average molecular weight is 140 g/mol. The largest absolute Gasteiger partial charge is 0.372 e. The summed E-state index contributed by atoms with van der Waals surface area (Å²) in [4.78, 5) is 10.6. The van der Waals surface area contributed by atoms with Crippen molar-refractivity contribution in [1.29, 1.82) is 0 Å². The van der Waals surface area contributed by atoms with Gasteiger partial charge in [0.05, 0.1) is 0 Å². The first-order valence-electron chi connectivity index (χ1n) is 3.36. The Morgan fingerprint density at radius 2 is 2.40 bits per heavy atom. The molecule has 0 saturated carbocycles. The molecule has 0 radical (unpaired) electrons. The summed E-state index contributed by atoms with van der Waals surface area (Å²) in [5.41, 5.74) is 0. The quantitative estimate of drug-likeness (QED) is 0.439. The molecule has 0 aromatic carbocycles. The molecule has 0 aliphatic heterocycles. The third kappa shape index (κ3) is 3.96. The predicted octanol–water partition coefficient (Wildman–Crippen LogP) is 1.56. The van der Waals surface area contributed by atoms with Crippen LogP contribution in [0.5, 0.6) is 0 Å². The first-order valence-corrected chi connectivity index (χ1v) is 3.36. The Hall–Kier alpha value is -0.970.